The van der Waals surface area contributed by atoms with Crippen molar-refractivity contribution in [3.63, 3.8) is 0 Å². The average molecular weight is 346 g/mol. The number of nitrogens with zero attached hydrogens (tertiary/aromatic N) is 2. The Morgan fingerprint density at radius 1 is 1.24 bits per heavy atom. The summed E-state index contributed by atoms with van der Waals surface area (Å²) in [7, 11) is 4.16. The molecular formula is C21H35N3O. The van der Waals surface area contributed by atoms with E-state index in [0.717, 1.165) is 38.8 Å². The largest absolute Gasteiger partial charge is 0.353 e. The Balaban J connectivity index is 1.98. The van der Waals surface area contributed by atoms with E-state index in [1.165, 1.54) is 17.5 Å². The second-order valence-electron chi connectivity index (χ2n) is 7.37. The van der Waals surface area contributed by atoms with Crippen LogP contribution in [0.5, 0.6) is 0 Å². The molecule has 25 heavy (non-hydrogen) atoms. The fourth-order valence-electron chi connectivity index (χ4n) is 3.73. The molecule has 2 unspecified atom stereocenters. The lowest BCUT2D eigenvalue weighted by Crippen LogP contribution is -2.50. The molecule has 0 radical (unpaired) electrons. The number of rotatable bonds is 8. The van der Waals surface area contributed by atoms with E-state index in [2.05, 4.69) is 67.3 Å². The molecule has 1 fully saturated rings. The van der Waals surface area contributed by atoms with Gasteiger partial charge in [-0.2, -0.15) is 0 Å². The highest BCUT2D eigenvalue weighted by atomic mass is 16.2. The fraction of sp³-hybridized carbons (Fsp3) is 0.667. The van der Waals surface area contributed by atoms with E-state index in [4.69, 9.17) is 0 Å². The SMILES string of the molecule is CCCN1CCCCC1C(=O)NCC(c1ccc(CC)cc1)N(C)C. The van der Waals surface area contributed by atoms with Gasteiger partial charge < -0.3 is 10.2 Å². The molecule has 4 heteroatoms. The minimum Gasteiger partial charge on any atom is -0.353 e. The van der Waals surface area contributed by atoms with Gasteiger partial charge in [-0.25, -0.2) is 0 Å². The summed E-state index contributed by atoms with van der Waals surface area (Å²) in [5, 5.41) is 3.23. The molecule has 0 spiro atoms. The minimum absolute atomic E-state index is 0.0546. The molecule has 140 valence electrons. The average Bonchev–Trinajstić information content (AvgIpc) is 2.62. The lowest BCUT2D eigenvalue weighted by atomic mass is 10.00. The monoisotopic (exact) mass is 345 g/mol. The van der Waals surface area contributed by atoms with Crippen molar-refractivity contribution in [2.45, 2.75) is 58.0 Å². The van der Waals surface area contributed by atoms with Gasteiger partial charge in [0.15, 0.2) is 0 Å². The highest BCUT2D eigenvalue weighted by molar-refractivity contribution is 5.81. The van der Waals surface area contributed by atoms with Crippen LogP contribution in [0.4, 0.5) is 0 Å². The van der Waals surface area contributed by atoms with E-state index < -0.39 is 0 Å². The normalized spacial score (nSPS) is 19.8. The van der Waals surface area contributed by atoms with Crippen molar-refractivity contribution in [3.05, 3.63) is 35.4 Å². The first kappa shape index (κ1) is 19.9. The smallest absolute Gasteiger partial charge is 0.237 e. The fourth-order valence-corrected chi connectivity index (χ4v) is 3.73. The van der Waals surface area contributed by atoms with Crippen LogP contribution >= 0.6 is 0 Å². The van der Waals surface area contributed by atoms with Crippen molar-refractivity contribution in [1.82, 2.24) is 15.1 Å². The van der Waals surface area contributed by atoms with Gasteiger partial charge in [-0.1, -0.05) is 44.5 Å². The van der Waals surface area contributed by atoms with Gasteiger partial charge in [-0.05, 0) is 64.0 Å². The highest BCUT2D eigenvalue weighted by Crippen LogP contribution is 2.20. The molecular weight excluding hydrogens is 310 g/mol. The molecule has 1 amide bonds. The van der Waals surface area contributed by atoms with Crippen molar-refractivity contribution >= 4 is 5.91 Å². The molecule has 1 saturated heterocycles. The number of nitrogens with one attached hydrogen (secondary N) is 1. The molecule has 0 aliphatic carbocycles. The van der Waals surface area contributed by atoms with Gasteiger partial charge in [0.05, 0.1) is 12.1 Å². The summed E-state index contributed by atoms with van der Waals surface area (Å²) in [5.74, 6) is 0.199. The minimum atomic E-state index is 0.0546. The number of piperidine rings is 1. The third-order valence-corrected chi connectivity index (χ3v) is 5.29. The molecule has 1 N–H and O–H groups in total. The summed E-state index contributed by atoms with van der Waals surface area (Å²) < 4.78 is 0. The summed E-state index contributed by atoms with van der Waals surface area (Å²) in [6.07, 6.45) is 5.53. The van der Waals surface area contributed by atoms with Crippen LogP contribution in [0, 0.1) is 0 Å². The highest BCUT2D eigenvalue weighted by Gasteiger charge is 2.28. The number of hydrogen-bond acceptors (Lipinski definition) is 3. The van der Waals surface area contributed by atoms with Gasteiger partial charge in [0.25, 0.3) is 0 Å². The molecule has 0 aromatic heterocycles. The van der Waals surface area contributed by atoms with Crippen molar-refractivity contribution in [1.29, 1.82) is 0 Å². The van der Waals surface area contributed by atoms with E-state index >= 15 is 0 Å². The summed E-state index contributed by atoms with van der Waals surface area (Å²) in [6.45, 7) is 7.10. The molecule has 1 aliphatic rings. The molecule has 0 bridgehead atoms. The van der Waals surface area contributed by atoms with Gasteiger partial charge in [-0.15, -0.1) is 0 Å². The van der Waals surface area contributed by atoms with Crippen molar-refractivity contribution < 1.29 is 4.79 Å². The van der Waals surface area contributed by atoms with Crippen LogP contribution in [-0.4, -0.2) is 55.5 Å². The summed E-state index contributed by atoms with van der Waals surface area (Å²) in [4.78, 5) is 17.3. The number of carbonyl (C=O) groups excluding carboxylic acids is 1. The molecule has 1 heterocycles. The second kappa shape index (κ2) is 9.93. The summed E-state index contributed by atoms with van der Waals surface area (Å²) in [5.41, 5.74) is 2.61. The van der Waals surface area contributed by atoms with Crippen LogP contribution in [0.25, 0.3) is 0 Å². The molecule has 1 aliphatic heterocycles. The lowest BCUT2D eigenvalue weighted by Gasteiger charge is -2.35. The second-order valence-corrected chi connectivity index (χ2v) is 7.37. The number of carbonyl (C=O) groups is 1. The number of aryl methyl sites for hydroxylation is 1. The standard InChI is InChI=1S/C21H35N3O/c1-5-14-24-15-8-7-9-19(24)21(25)22-16-20(23(3)4)18-12-10-17(6-2)11-13-18/h10-13,19-20H,5-9,14-16H2,1-4H3,(H,22,25). The van der Waals surface area contributed by atoms with Crippen LogP contribution in [0.1, 0.15) is 56.7 Å². The van der Waals surface area contributed by atoms with Gasteiger partial charge in [0.2, 0.25) is 5.91 Å². The van der Waals surface area contributed by atoms with Crippen LogP contribution < -0.4 is 5.32 Å². The number of likely N-dealkylation sites (tertiary alicyclic amines) is 1. The molecule has 2 atom stereocenters. The molecule has 2 rings (SSSR count). The third-order valence-electron chi connectivity index (χ3n) is 5.29. The summed E-state index contributed by atoms with van der Waals surface area (Å²) >= 11 is 0. The quantitative estimate of drug-likeness (QED) is 0.786. The zero-order valence-corrected chi connectivity index (χ0v) is 16.4. The van der Waals surface area contributed by atoms with Crippen LogP contribution in [0.3, 0.4) is 0 Å². The van der Waals surface area contributed by atoms with Gasteiger partial charge in [0, 0.05) is 6.54 Å². The summed E-state index contributed by atoms with van der Waals surface area (Å²) in [6, 6.07) is 9.03. The zero-order chi connectivity index (χ0) is 18.2. The maximum Gasteiger partial charge on any atom is 0.237 e. The first-order chi connectivity index (χ1) is 12.1. The van der Waals surface area contributed by atoms with Crippen molar-refractivity contribution in [2.75, 3.05) is 33.7 Å². The molecule has 4 nitrogen and oxygen atoms in total. The third kappa shape index (κ3) is 5.55. The lowest BCUT2D eigenvalue weighted by molar-refractivity contribution is -0.127. The van der Waals surface area contributed by atoms with E-state index in [9.17, 15) is 4.79 Å². The number of amides is 1. The van der Waals surface area contributed by atoms with E-state index in [-0.39, 0.29) is 18.0 Å². The Hall–Kier alpha value is -1.39. The topological polar surface area (TPSA) is 35.6 Å². The van der Waals surface area contributed by atoms with E-state index in [1.807, 2.05) is 0 Å². The van der Waals surface area contributed by atoms with E-state index in [0.29, 0.717) is 6.54 Å². The Morgan fingerprint density at radius 3 is 2.56 bits per heavy atom. The Morgan fingerprint density at radius 2 is 1.96 bits per heavy atom. The Kier molecular flexibility index (Phi) is 7.91. The number of likely N-dealkylation sites (N-methyl/N-ethyl adjacent to an activating group) is 1. The Labute approximate surface area is 153 Å². The first-order valence-corrected chi connectivity index (χ1v) is 9.83. The van der Waals surface area contributed by atoms with Gasteiger partial charge in [0.1, 0.15) is 0 Å². The van der Waals surface area contributed by atoms with Crippen molar-refractivity contribution in [3.8, 4) is 0 Å². The molecule has 1 aromatic carbocycles. The van der Waals surface area contributed by atoms with Crippen LogP contribution in [0.15, 0.2) is 24.3 Å². The van der Waals surface area contributed by atoms with Gasteiger partial charge >= 0.3 is 0 Å². The number of benzene rings is 1. The van der Waals surface area contributed by atoms with Crippen LogP contribution in [0.2, 0.25) is 0 Å². The van der Waals surface area contributed by atoms with Gasteiger partial charge in [-0.3, -0.25) is 9.69 Å². The maximum atomic E-state index is 12.8. The first-order valence-electron chi connectivity index (χ1n) is 9.83. The van der Waals surface area contributed by atoms with E-state index in [1.54, 1.807) is 0 Å². The Bertz CT molecular complexity index is 524. The molecule has 0 saturated carbocycles. The van der Waals surface area contributed by atoms with Crippen LogP contribution in [-0.2, 0) is 11.2 Å². The molecule has 1 aromatic rings. The zero-order valence-electron chi connectivity index (χ0n) is 16.4. The predicted octanol–water partition coefficient (Wildman–Crippen LogP) is 3.23. The predicted molar refractivity (Wildman–Crippen MR) is 105 cm³/mol. The maximum absolute atomic E-state index is 12.8. The number of hydrogen-bond donors (Lipinski definition) is 1. The van der Waals surface area contributed by atoms with Crippen molar-refractivity contribution in [2.24, 2.45) is 0 Å².